The molecule has 4 nitrogen and oxygen atoms in total. The van der Waals surface area contributed by atoms with Crippen LogP contribution in [0.25, 0.3) is 0 Å². The first-order chi connectivity index (χ1) is 9.40. The Morgan fingerprint density at radius 1 is 1.40 bits per heavy atom. The van der Waals surface area contributed by atoms with E-state index < -0.39 is 11.5 Å². The van der Waals surface area contributed by atoms with Crippen LogP contribution in [-0.4, -0.2) is 47.7 Å². The first-order valence-electron chi connectivity index (χ1n) is 8.09. The number of hydrogen-bond acceptors (Lipinski definition) is 3. The molecule has 2 N–H and O–H groups in total. The van der Waals surface area contributed by atoms with Crippen LogP contribution in [0.1, 0.15) is 59.3 Å². The smallest absolute Gasteiger partial charge is 0.323 e. The lowest BCUT2D eigenvalue weighted by Crippen LogP contribution is -2.52. The molecule has 1 aliphatic rings. The Balaban J connectivity index is 2.51. The molecule has 0 aliphatic heterocycles. The molecule has 0 radical (unpaired) electrons. The molecule has 0 aromatic heterocycles. The number of hydrogen-bond donors (Lipinski definition) is 2. The molecule has 0 bridgehead atoms. The number of carbonyl (C=O) groups is 1. The van der Waals surface area contributed by atoms with E-state index in [9.17, 15) is 9.90 Å². The molecule has 0 amide bonds. The van der Waals surface area contributed by atoms with Gasteiger partial charge in [0.15, 0.2) is 0 Å². The van der Waals surface area contributed by atoms with Crippen LogP contribution >= 0.6 is 0 Å². The predicted octanol–water partition coefficient (Wildman–Crippen LogP) is 2.73. The normalized spacial score (nSPS) is 26.4. The van der Waals surface area contributed by atoms with Crippen LogP contribution in [0.4, 0.5) is 0 Å². The molecule has 0 heterocycles. The standard InChI is InChI=1S/C16H32N2O2/c1-5-11-17-16(3,15(19)20)10-12-18(4)14-9-7-6-8-13(14)2/h13-14,17H,5-12H2,1-4H3,(H,19,20). The Kier molecular flexibility index (Phi) is 6.96. The van der Waals surface area contributed by atoms with E-state index in [0.717, 1.165) is 25.4 Å². The summed E-state index contributed by atoms with van der Waals surface area (Å²) in [7, 11) is 2.15. The van der Waals surface area contributed by atoms with E-state index in [1.165, 1.54) is 25.7 Å². The van der Waals surface area contributed by atoms with Crippen LogP contribution < -0.4 is 5.32 Å². The zero-order chi connectivity index (χ0) is 15.2. The largest absolute Gasteiger partial charge is 0.480 e. The second kappa shape index (κ2) is 7.99. The Morgan fingerprint density at radius 2 is 2.05 bits per heavy atom. The van der Waals surface area contributed by atoms with Crippen molar-refractivity contribution in [1.29, 1.82) is 0 Å². The summed E-state index contributed by atoms with van der Waals surface area (Å²) >= 11 is 0. The molecule has 0 saturated heterocycles. The van der Waals surface area contributed by atoms with Crippen molar-refractivity contribution in [3.63, 3.8) is 0 Å². The van der Waals surface area contributed by atoms with Gasteiger partial charge in [0.2, 0.25) is 0 Å². The highest BCUT2D eigenvalue weighted by molar-refractivity contribution is 5.78. The zero-order valence-electron chi connectivity index (χ0n) is 13.6. The highest BCUT2D eigenvalue weighted by Gasteiger charge is 2.33. The van der Waals surface area contributed by atoms with Crippen molar-refractivity contribution in [2.45, 2.75) is 70.9 Å². The van der Waals surface area contributed by atoms with Crippen molar-refractivity contribution in [3.8, 4) is 0 Å². The lowest BCUT2D eigenvalue weighted by Gasteiger charge is -2.38. The van der Waals surface area contributed by atoms with E-state index in [2.05, 4.69) is 31.1 Å². The van der Waals surface area contributed by atoms with E-state index in [-0.39, 0.29) is 0 Å². The average molecular weight is 284 g/mol. The molecule has 20 heavy (non-hydrogen) atoms. The summed E-state index contributed by atoms with van der Waals surface area (Å²) in [6.07, 6.45) is 6.82. The molecule has 1 saturated carbocycles. The van der Waals surface area contributed by atoms with E-state index >= 15 is 0 Å². The number of nitrogens with zero attached hydrogens (tertiary/aromatic N) is 1. The van der Waals surface area contributed by atoms with Crippen molar-refractivity contribution in [2.24, 2.45) is 5.92 Å². The topological polar surface area (TPSA) is 52.6 Å². The highest BCUT2D eigenvalue weighted by atomic mass is 16.4. The molecule has 4 heteroatoms. The third-order valence-corrected chi connectivity index (χ3v) is 4.83. The average Bonchev–Trinajstić information content (AvgIpc) is 2.43. The van der Waals surface area contributed by atoms with Gasteiger partial charge in [-0.1, -0.05) is 26.7 Å². The van der Waals surface area contributed by atoms with E-state index in [4.69, 9.17) is 0 Å². The Bertz CT molecular complexity index is 309. The minimum atomic E-state index is -0.803. The zero-order valence-corrected chi connectivity index (χ0v) is 13.6. The van der Waals surface area contributed by atoms with Gasteiger partial charge in [0.05, 0.1) is 0 Å². The Morgan fingerprint density at radius 3 is 2.60 bits per heavy atom. The van der Waals surface area contributed by atoms with Gasteiger partial charge in [0, 0.05) is 12.6 Å². The predicted molar refractivity (Wildman–Crippen MR) is 83.0 cm³/mol. The van der Waals surface area contributed by atoms with Gasteiger partial charge in [0.1, 0.15) is 5.54 Å². The maximum Gasteiger partial charge on any atom is 0.323 e. The molecule has 118 valence electrons. The summed E-state index contributed by atoms with van der Waals surface area (Å²) in [5.74, 6) is -0.00974. The molecule has 0 spiro atoms. The van der Waals surface area contributed by atoms with Gasteiger partial charge in [-0.15, -0.1) is 0 Å². The number of carboxylic acid groups (broad SMARTS) is 1. The summed E-state index contributed by atoms with van der Waals surface area (Å²) in [6.45, 7) is 7.79. The van der Waals surface area contributed by atoms with E-state index in [1.54, 1.807) is 0 Å². The molecule has 0 aromatic rings. The van der Waals surface area contributed by atoms with Crippen molar-refractivity contribution < 1.29 is 9.90 Å². The van der Waals surface area contributed by atoms with Crippen molar-refractivity contribution in [2.75, 3.05) is 20.1 Å². The Labute approximate surface area is 123 Å². The quantitative estimate of drug-likeness (QED) is 0.719. The molecule has 0 aromatic carbocycles. The molecule has 1 rings (SSSR count). The van der Waals surface area contributed by atoms with Gasteiger partial charge in [-0.25, -0.2) is 0 Å². The van der Waals surface area contributed by atoms with Crippen LogP contribution in [-0.2, 0) is 4.79 Å². The molecule has 1 aliphatic carbocycles. The first kappa shape index (κ1) is 17.4. The van der Waals surface area contributed by atoms with Gasteiger partial charge in [-0.2, -0.15) is 0 Å². The molecule has 3 atom stereocenters. The van der Waals surface area contributed by atoms with Crippen molar-refractivity contribution in [1.82, 2.24) is 10.2 Å². The monoisotopic (exact) mass is 284 g/mol. The second-order valence-corrected chi connectivity index (χ2v) is 6.62. The number of aliphatic carboxylic acids is 1. The van der Waals surface area contributed by atoms with Gasteiger partial charge >= 0.3 is 5.97 Å². The first-order valence-corrected chi connectivity index (χ1v) is 8.09. The van der Waals surface area contributed by atoms with E-state index in [1.807, 2.05) is 6.92 Å². The van der Waals surface area contributed by atoms with Crippen LogP contribution in [0.5, 0.6) is 0 Å². The fraction of sp³-hybridized carbons (Fsp3) is 0.938. The third kappa shape index (κ3) is 4.74. The summed E-state index contributed by atoms with van der Waals surface area (Å²) in [5, 5.41) is 12.6. The SMILES string of the molecule is CCCNC(C)(CCN(C)C1CCCCC1C)C(=O)O. The van der Waals surface area contributed by atoms with Gasteiger partial charge in [0.25, 0.3) is 0 Å². The summed E-state index contributed by atoms with van der Waals surface area (Å²) in [5.41, 5.74) is -0.803. The van der Waals surface area contributed by atoms with Crippen molar-refractivity contribution in [3.05, 3.63) is 0 Å². The third-order valence-electron chi connectivity index (χ3n) is 4.83. The lowest BCUT2D eigenvalue weighted by molar-refractivity contribution is -0.144. The van der Waals surface area contributed by atoms with Gasteiger partial charge in [-0.3, -0.25) is 4.79 Å². The van der Waals surface area contributed by atoms with Crippen LogP contribution in [0.15, 0.2) is 0 Å². The minimum Gasteiger partial charge on any atom is -0.480 e. The number of carboxylic acids is 1. The van der Waals surface area contributed by atoms with Gasteiger partial charge in [-0.05, 0) is 52.1 Å². The highest BCUT2D eigenvalue weighted by Crippen LogP contribution is 2.27. The molecule has 3 unspecified atom stereocenters. The lowest BCUT2D eigenvalue weighted by atomic mass is 9.84. The molecular weight excluding hydrogens is 252 g/mol. The number of nitrogens with one attached hydrogen (secondary N) is 1. The second-order valence-electron chi connectivity index (χ2n) is 6.62. The van der Waals surface area contributed by atoms with Crippen LogP contribution in [0, 0.1) is 5.92 Å². The maximum absolute atomic E-state index is 11.5. The minimum absolute atomic E-state index is 0.618. The fourth-order valence-corrected chi connectivity index (χ4v) is 3.19. The van der Waals surface area contributed by atoms with Crippen LogP contribution in [0.2, 0.25) is 0 Å². The number of rotatable bonds is 8. The summed E-state index contributed by atoms with van der Waals surface area (Å²) in [4.78, 5) is 13.9. The maximum atomic E-state index is 11.5. The molecule has 1 fully saturated rings. The molecular formula is C16H32N2O2. The summed E-state index contributed by atoms with van der Waals surface area (Å²) in [6, 6.07) is 0.618. The van der Waals surface area contributed by atoms with Crippen LogP contribution in [0.3, 0.4) is 0 Å². The fourth-order valence-electron chi connectivity index (χ4n) is 3.19. The van der Waals surface area contributed by atoms with Gasteiger partial charge < -0.3 is 15.3 Å². The summed E-state index contributed by atoms with van der Waals surface area (Å²) < 4.78 is 0. The van der Waals surface area contributed by atoms with Crippen molar-refractivity contribution >= 4 is 5.97 Å². The Hall–Kier alpha value is -0.610. The van der Waals surface area contributed by atoms with E-state index in [0.29, 0.717) is 12.5 Å².